The maximum Gasteiger partial charge on any atom is 0.251 e. The minimum atomic E-state index is -0.597. The lowest BCUT2D eigenvalue weighted by molar-refractivity contribution is -0.145. The number of aliphatic hydroxyl groups is 1. The Hall–Kier alpha value is -2.84. The quantitative estimate of drug-likeness (QED) is 0.589. The van der Waals surface area contributed by atoms with Gasteiger partial charge in [-0.2, -0.15) is 0 Å². The van der Waals surface area contributed by atoms with Crippen molar-refractivity contribution in [1.82, 2.24) is 9.88 Å². The predicted octanol–water partition coefficient (Wildman–Crippen LogP) is 3.94. The number of anilines is 1. The summed E-state index contributed by atoms with van der Waals surface area (Å²) in [5, 5.41) is 10.9. The van der Waals surface area contributed by atoms with Crippen molar-refractivity contribution in [2.24, 2.45) is 5.41 Å². The van der Waals surface area contributed by atoms with Crippen molar-refractivity contribution in [3.63, 3.8) is 0 Å². The zero-order valence-corrected chi connectivity index (χ0v) is 23.4. The van der Waals surface area contributed by atoms with E-state index in [0.717, 1.165) is 42.9 Å². The topological polar surface area (TPSA) is 84.4 Å². The Morgan fingerprint density at radius 2 is 1.92 bits per heavy atom. The molecule has 1 N–H and O–H groups in total. The van der Waals surface area contributed by atoms with E-state index in [2.05, 4.69) is 22.9 Å². The normalized spacial score (nSPS) is 27.8. The van der Waals surface area contributed by atoms with Gasteiger partial charge in [-0.15, -0.1) is 0 Å². The van der Waals surface area contributed by atoms with Crippen LogP contribution in [0.2, 0.25) is 0 Å². The lowest BCUT2D eigenvalue weighted by atomic mass is 9.72. The monoisotopic (exact) mass is 523 g/mol. The maximum absolute atomic E-state index is 13.4. The highest BCUT2D eigenvalue weighted by Crippen LogP contribution is 2.47. The number of aliphatic hydroxyl groups excluding tert-OH is 1. The molecule has 38 heavy (non-hydrogen) atoms. The first-order valence-corrected chi connectivity index (χ1v) is 13.7. The van der Waals surface area contributed by atoms with E-state index in [1.807, 2.05) is 63.1 Å². The second-order valence-electron chi connectivity index (χ2n) is 12.1. The zero-order valence-electron chi connectivity index (χ0n) is 23.4. The first-order valence-electron chi connectivity index (χ1n) is 13.7. The summed E-state index contributed by atoms with van der Waals surface area (Å²) in [7, 11) is 1.64. The lowest BCUT2D eigenvalue weighted by Crippen LogP contribution is -2.54. The van der Waals surface area contributed by atoms with Gasteiger partial charge in [0, 0.05) is 30.6 Å². The zero-order chi connectivity index (χ0) is 27.2. The number of likely N-dealkylation sites (tertiary alicyclic amines) is 1. The Balaban J connectivity index is 1.32. The van der Waals surface area contributed by atoms with Gasteiger partial charge < -0.3 is 29.1 Å². The van der Waals surface area contributed by atoms with Crippen molar-refractivity contribution in [2.45, 2.75) is 77.3 Å². The fourth-order valence-corrected chi connectivity index (χ4v) is 5.98. The van der Waals surface area contributed by atoms with Gasteiger partial charge in [-0.1, -0.05) is 19.1 Å². The molecule has 3 aliphatic rings. The standard InChI is InChI=1S/C30H41N3O5/c1-19-7-10-27(31-14-19)32-15-22(16-32)37-26-13-21(8-9-24(26)36-6)23-17-33(18-30(23,5)20(2)34)28(35)25-11-12-29(3,4)38-25/h7-10,13-14,20,22-23,25,34H,11-12,15-18H2,1-6H3/t20-,23+,25+,30+/m1/s1. The van der Waals surface area contributed by atoms with Crippen LogP contribution in [-0.4, -0.2) is 78.1 Å². The lowest BCUT2D eigenvalue weighted by Gasteiger charge is -2.40. The van der Waals surface area contributed by atoms with Crippen LogP contribution in [0.3, 0.4) is 0 Å². The molecular formula is C30H41N3O5. The largest absolute Gasteiger partial charge is 0.493 e. The summed E-state index contributed by atoms with van der Waals surface area (Å²) < 4.78 is 18.1. The number of methoxy groups -OCH3 is 1. The number of ether oxygens (including phenoxy) is 3. The van der Waals surface area contributed by atoms with E-state index in [0.29, 0.717) is 24.6 Å². The minimum Gasteiger partial charge on any atom is -0.493 e. The molecule has 3 aliphatic heterocycles. The molecule has 4 heterocycles. The molecule has 0 aliphatic carbocycles. The SMILES string of the molecule is COc1ccc([C@@H]2CN(C(=O)[C@@H]3CCC(C)(C)O3)C[C@@]2(C)[C@@H](C)O)cc1OC1CN(c2ccc(C)cn2)C1. The first-order chi connectivity index (χ1) is 18.0. The number of carbonyl (C=O) groups excluding carboxylic acids is 1. The van der Waals surface area contributed by atoms with Crippen LogP contribution in [0, 0.1) is 12.3 Å². The van der Waals surface area contributed by atoms with E-state index < -0.39 is 17.6 Å². The van der Waals surface area contributed by atoms with Gasteiger partial charge in [-0.05, 0) is 69.9 Å². The van der Waals surface area contributed by atoms with Crippen molar-refractivity contribution in [3.05, 3.63) is 47.7 Å². The third kappa shape index (κ3) is 5.08. The minimum absolute atomic E-state index is 0.0224. The van der Waals surface area contributed by atoms with Gasteiger partial charge in [0.15, 0.2) is 11.5 Å². The van der Waals surface area contributed by atoms with Crippen LogP contribution in [0.1, 0.15) is 57.6 Å². The van der Waals surface area contributed by atoms with E-state index >= 15 is 0 Å². The Kier molecular flexibility index (Phi) is 7.07. The fraction of sp³-hybridized carbons (Fsp3) is 0.600. The summed E-state index contributed by atoms with van der Waals surface area (Å²) in [6, 6.07) is 10.1. The second-order valence-corrected chi connectivity index (χ2v) is 12.1. The van der Waals surface area contributed by atoms with E-state index in [1.54, 1.807) is 7.11 Å². The molecule has 3 saturated heterocycles. The van der Waals surface area contributed by atoms with Crippen molar-refractivity contribution in [3.8, 4) is 11.5 Å². The fourth-order valence-electron chi connectivity index (χ4n) is 5.98. The van der Waals surface area contributed by atoms with Crippen LogP contribution in [0.25, 0.3) is 0 Å². The highest BCUT2D eigenvalue weighted by molar-refractivity contribution is 5.82. The molecule has 0 bridgehead atoms. The number of hydrogen-bond donors (Lipinski definition) is 1. The predicted molar refractivity (Wildman–Crippen MR) is 146 cm³/mol. The highest BCUT2D eigenvalue weighted by Gasteiger charge is 2.50. The summed E-state index contributed by atoms with van der Waals surface area (Å²) >= 11 is 0. The van der Waals surface area contributed by atoms with E-state index in [4.69, 9.17) is 14.2 Å². The molecular weight excluding hydrogens is 482 g/mol. The molecule has 206 valence electrons. The molecule has 8 nitrogen and oxygen atoms in total. The molecule has 3 fully saturated rings. The van der Waals surface area contributed by atoms with Crippen LogP contribution in [-0.2, 0) is 9.53 Å². The van der Waals surface area contributed by atoms with Crippen molar-refractivity contribution >= 4 is 11.7 Å². The molecule has 5 rings (SSSR count). The van der Waals surface area contributed by atoms with Gasteiger partial charge in [-0.3, -0.25) is 4.79 Å². The van der Waals surface area contributed by atoms with E-state index in [1.165, 1.54) is 0 Å². The molecule has 1 aromatic carbocycles. The van der Waals surface area contributed by atoms with Crippen molar-refractivity contribution in [2.75, 3.05) is 38.2 Å². The summed E-state index contributed by atoms with van der Waals surface area (Å²) in [5.41, 5.74) is 1.39. The van der Waals surface area contributed by atoms with Crippen LogP contribution >= 0.6 is 0 Å². The molecule has 0 radical (unpaired) electrons. The first kappa shape index (κ1) is 26.8. The smallest absolute Gasteiger partial charge is 0.251 e. The molecule has 0 unspecified atom stereocenters. The number of pyridine rings is 1. The number of hydrogen-bond acceptors (Lipinski definition) is 7. The van der Waals surface area contributed by atoms with Gasteiger partial charge in [-0.25, -0.2) is 4.98 Å². The average Bonchev–Trinajstić information content (AvgIpc) is 3.41. The molecule has 1 aromatic heterocycles. The Morgan fingerprint density at radius 1 is 1.16 bits per heavy atom. The summed E-state index contributed by atoms with van der Waals surface area (Å²) in [6.07, 6.45) is 2.49. The molecule has 0 spiro atoms. The number of amides is 1. The van der Waals surface area contributed by atoms with E-state index in [-0.39, 0.29) is 23.5 Å². The van der Waals surface area contributed by atoms with Crippen LogP contribution in [0.4, 0.5) is 5.82 Å². The van der Waals surface area contributed by atoms with Crippen molar-refractivity contribution < 1.29 is 24.1 Å². The second kappa shape index (κ2) is 10.0. The van der Waals surface area contributed by atoms with Crippen LogP contribution in [0.15, 0.2) is 36.5 Å². The third-order valence-electron chi connectivity index (χ3n) is 8.69. The Bertz CT molecular complexity index is 1160. The van der Waals surface area contributed by atoms with Crippen LogP contribution < -0.4 is 14.4 Å². The Labute approximate surface area is 225 Å². The summed E-state index contributed by atoms with van der Waals surface area (Å²) in [5.74, 6) is 2.28. The number of nitrogens with zero attached hydrogens (tertiary/aromatic N) is 3. The number of aryl methyl sites for hydroxylation is 1. The molecule has 2 aromatic rings. The van der Waals surface area contributed by atoms with Gasteiger partial charge in [0.2, 0.25) is 0 Å². The molecule has 4 atom stereocenters. The molecule has 1 amide bonds. The molecule has 8 heteroatoms. The number of carbonyl (C=O) groups is 1. The summed E-state index contributed by atoms with van der Waals surface area (Å²) in [6.45, 7) is 12.5. The van der Waals surface area contributed by atoms with Crippen LogP contribution in [0.5, 0.6) is 11.5 Å². The van der Waals surface area contributed by atoms with Gasteiger partial charge >= 0.3 is 0 Å². The third-order valence-corrected chi connectivity index (χ3v) is 8.69. The number of aromatic nitrogens is 1. The maximum atomic E-state index is 13.4. The van der Waals surface area contributed by atoms with Gasteiger partial charge in [0.1, 0.15) is 18.0 Å². The highest BCUT2D eigenvalue weighted by atomic mass is 16.5. The van der Waals surface area contributed by atoms with Gasteiger partial charge in [0.05, 0.1) is 31.9 Å². The molecule has 0 saturated carbocycles. The van der Waals surface area contributed by atoms with Crippen molar-refractivity contribution in [1.29, 1.82) is 0 Å². The number of benzene rings is 1. The average molecular weight is 524 g/mol. The Morgan fingerprint density at radius 3 is 2.53 bits per heavy atom. The van der Waals surface area contributed by atoms with E-state index in [9.17, 15) is 9.90 Å². The summed E-state index contributed by atoms with van der Waals surface area (Å²) in [4.78, 5) is 22.0. The van der Waals surface area contributed by atoms with Gasteiger partial charge in [0.25, 0.3) is 5.91 Å². The number of rotatable bonds is 7.